The second kappa shape index (κ2) is 15.6. The molecule has 0 radical (unpaired) electrons. The molecule has 0 unspecified atom stereocenters. The normalized spacial score (nSPS) is 17.6. The summed E-state index contributed by atoms with van der Waals surface area (Å²) in [4.78, 5) is 72.0. The monoisotopic (exact) mass is 500 g/mol. The van der Waals surface area contributed by atoms with Gasteiger partial charge in [-0.2, -0.15) is 0 Å². The Labute approximate surface area is 202 Å². The fourth-order valence-corrected chi connectivity index (χ4v) is 3.57. The van der Waals surface area contributed by atoms with Gasteiger partial charge < -0.3 is 42.9 Å². The summed E-state index contributed by atoms with van der Waals surface area (Å²) in [6.45, 7) is 0.996. The van der Waals surface area contributed by atoms with Gasteiger partial charge in [-0.1, -0.05) is 0 Å². The van der Waals surface area contributed by atoms with E-state index >= 15 is 0 Å². The Hall–Kier alpha value is -3.26. The fraction of sp³-hybridized carbons (Fsp3) is 0.714. The molecule has 4 amide bonds. The minimum atomic E-state index is -1.38. The number of carbonyl (C=O) groups excluding carboxylic acids is 4. The van der Waals surface area contributed by atoms with E-state index < -0.39 is 66.2 Å². The van der Waals surface area contributed by atoms with Gasteiger partial charge in [-0.25, -0.2) is 4.79 Å². The summed E-state index contributed by atoms with van der Waals surface area (Å²) in [6, 6.07) is -4.35. The molecule has 0 aliphatic carbocycles. The molecule has 1 aliphatic heterocycles. The highest BCUT2D eigenvalue weighted by atomic mass is 16.4. The van der Waals surface area contributed by atoms with E-state index in [9.17, 15) is 33.9 Å². The lowest BCUT2D eigenvalue weighted by molar-refractivity contribution is -0.143. The Morgan fingerprint density at radius 2 is 1.46 bits per heavy atom. The van der Waals surface area contributed by atoms with E-state index in [1.54, 1.807) is 0 Å². The first-order chi connectivity index (χ1) is 16.5. The van der Waals surface area contributed by atoms with Gasteiger partial charge >= 0.3 is 11.9 Å². The summed E-state index contributed by atoms with van der Waals surface area (Å²) in [5.41, 5.74) is 10.6. The Morgan fingerprint density at radius 1 is 0.857 bits per heavy atom. The lowest BCUT2D eigenvalue weighted by Crippen LogP contribution is -2.57. The first kappa shape index (κ1) is 29.8. The number of hydrogen-bond donors (Lipinski definition) is 8. The van der Waals surface area contributed by atoms with Crippen LogP contribution in [0.5, 0.6) is 0 Å². The van der Waals surface area contributed by atoms with Crippen LogP contribution >= 0.6 is 0 Å². The summed E-state index contributed by atoms with van der Waals surface area (Å²) in [7, 11) is 0. The highest BCUT2D eigenvalue weighted by Crippen LogP contribution is 2.08. The van der Waals surface area contributed by atoms with Crippen molar-refractivity contribution in [2.45, 2.75) is 82.0 Å². The second-order valence-electron chi connectivity index (χ2n) is 8.39. The fourth-order valence-electron chi connectivity index (χ4n) is 3.57. The highest BCUT2D eigenvalue weighted by Gasteiger charge is 2.31. The molecule has 1 rings (SSSR count). The van der Waals surface area contributed by atoms with Crippen molar-refractivity contribution in [3.8, 4) is 0 Å². The summed E-state index contributed by atoms with van der Waals surface area (Å²) < 4.78 is 0. The summed E-state index contributed by atoms with van der Waals surface area (Å²) in [6.07, 6.45) is 1.30. The minimum Gasteiger partial charge on any atom is -0.481 e. The zero-order valence-corrected chi connectivity index (χ0v) is 19.6. The molecule has 0 spiro atoms. The van der Waals surface area contributed by atoms with Crippen molar-refractivity contribution in [2.75, 3.05) is 13.1 Å². The van der Waals surface area contributed by atoms with E-state index in [-0.39, 0.29) is 25.7 Å². The highest BCUT2D eigenvalue weighted by molar-refractivity contribution is 5.94. The lowest BCUT2D eigenvalue weighted by Gasteiger charge is -2.25. The Kier molecular flexibility index (Phi) is 13.3. The van der Waals surface area contributed by atoms with Crippen molar-refractivity contribution in [3.05, 3.63) is 0 Å². The van der Waals surface area contributed by atoms with Crippen LogP contribution in [0.2, 0.25) is 0 Å². The van der Waals surface area contributed by atoms with Crippen LogP contribution in [0.1, 0.15) is 57.8 Å². The van der Waals surface area contributed by atoms with Crippen LogP contribution in [-0.4, -0.2) is 83.0 Å². The minimum absolute atomic E-state index is 0.101. The summed E-state index contributed by atoms with van der Waals surface area (Å²) in [5.74, 6) is -5.35. The van der Waals surface area contributed by atoms with Crippen LogP contribution in [0.4, 0.5) is 0 Å². The predicted molar refractivity (Wildman–Crippen MR) is 123 cm³/mol. The zero-order chi connectivity index (χ0) is 26.4. The predicted octanol–water partition coefficient (Wildman–Crippen LogP) is -2.46. The average molecular weight is 501 g/mol. The Bertz CT molecular complexity index is 771. The van der Waals surface area contributed by atoms with Crippen LogP contribution in [0.25, 0.3) is 0 Å². The number of primary amides is 1. The molecule has 198 valence electrons. The molecule has 10 N–H and O–H groups in total. The second-order valence-corrected chi connectivity index (χ2v) is 8.39. The standard InChI is InChI=1S/C21H36N6O8/c22-10-2-1-4-15(21(34)35)27-20(33)14(7-9-17(29)30)26-19(32)13(6-8-16(23)28)25-18(31)12-5-3-11-24-12/h12-15,24H,1-11,22H2,(H2,23,28)(H,25,31)(H,26,32)(H,27,33)(H,29,30)(H,34,35)/t12-,13-,14-,15-/m0/s1. The van der Waals surface area contributed by atoms with Gasteiger partial charge in [0.2, 0.25) is 23.6 Å². The van der Waals surface area contributed by atoms with E-state index in [1.807, 2.05) is 0 Å². The molecule has 0 aromatic carbocycles. The van der Waals surface area contributed by atoms with Crippen molar-refractivity contribution < 1.29 is 39.0 Å². The van der Waals surface area contributed by atoms with Crippen molar-refractivity contribution in [2.24, 2.45) is 11.5 Å². The number of nitrogens with two attached hydrogens (primary N) is 2. The van der Waals surface area contributed by atoms with Gasteiger partial charge in [-0.3, -0.25) is 24.0 Å². The molecule has 14 heteroatoms. The topological polar surface area (TPSA) is 243 Å². The molecular formula is C21H36N6O8. The number of rotatable bonds is 17. The summed E-state index contributed by atoms with van der Waals surface area (Å²) >= 11 is 0. The van der Waals surface area contributed by atoms with E-state index in [0.29, 0.717) is 32.4 Å². The first-order valence-corrected chi connectivity index (χ1v) is 11.6. The van der Waals surface area contributed by atoms with Crippen molar-refractivity contribution in [1.82, 2.24) is 21.3 Å². The Balaban J connectivity index is 2.94. The van der Waals surface area contributed by atoms with Gasteiger partial charge in [-0.15, -0.1) is 0 Å². The van der Waals surface area contributed by atoms with E-state index in [0.717, 1.165) is 6.42 Å². The van der Waals surface area contributed by atoms with Crippen molar-refractivity contribution >= 4 is 35.6 Å². The lowest BCUT2D eigenvalue weighted by atomic mass is 10.0. The van der Waals surface area contributed by atoms with E-state index in [2.05, 4.69) is 21.3 Å². The molecule has 14 nitrogen and oxygen atoms in total. The third-order valence-electron chi connectivity index (χ3n) is 5.53. The van der Waals surface area contributed by atoms with Gasteiger partial charge in [0.05, 0.1) is 6.04 Å². The number of carbonyl (C=O) groups is 6. The van der Waals surface area contributed by atoms with Crippen LogP contribution in [0, 0.1) is 0 Å². The van der Waals surface area contributed by atoms with Gasteiger partial charge in [-0.05, 0) is 58.0 Å². The molecule has 35 heavy (non-hydrogen) atoms. The van der Waals surface area contributed by atoms with Gasteiger partial charge in [0.25, 0.3) is 0 Å². The maximum Gasteiger partial charge on any atom is 0.326 e. The molecule has 1 aliphatic rings. The van der Waals surface area contributed by atoms with Crippen LogP contribution in [-0.2, 0) is 28.8 Å². The van der Waals surface area contributed by atoms with Gasteiger partial charge in [0.1, 0.15) is 18.1 Å². The molecular weight excluding hydrogens is 464 g/mol. The first-order valence-electron chi connectivity index (χ1n) is 11.6. The number of unbranched alkanes of at least 4 members (excludes halogenated alkanes) is 1. The van der Waals surface area contributed by atoms with Crippen LogP contribution in [0.3, 0.4) is 0 Å². The third-order valence-corrected chi connectivity index (χ3v) is 5.53. The number of carboxylic acid groups (broad SMARTS) is 2. The van der Waals surface area contributed by atoms with Gasteiger partial charge in [0, 0.05) is 12.8 Å². The third kappa shape index (κ3) is 11.6. The number of hydrogen-bond acceptors (Lipinski definition) is 8. The number of nitrogens with one attached hydrogen (secondary N) is 4. The molecule has 0 saturated carbocycles. The Morgan fingerprint density at radius 3 is 1.97 bits per heavy atom. The number of amides is 4. The molecule has 0 bridgehead atoms. The molecule has 4 atom stereocenters. The SMILES string of the molecule is NCCCC[C@H](NC(=O)[C@H](CCC(=O)O)NC(=O)[C@H](CCC(N)=O)NC(=O)[C@@H]1CCCN1)C(=O)O. The van der Waals surface area contributed by atoms with Crippen molar-refractivity contribution in [1.29, 1.82) is 0 Å². The number of aliphatic carboxylic acids is 2. The molecule has 1 heterocycles. The largest absolute Gasteiger partial charge is 0.481 e. The number of carboxylic acids is 2. The maximum absolute atomic E-state index is 12.9. The van der Waals surface area contributed by atoms with Crippen molar-refractivity contribution in [3.63, 3.8) is 0 Å². The van der Waals surface area contributed by atoms with Gasteiger partial charge in [0.15, 0.2) is 0 Å². The summed E-state index contributed by atoms with van der Waals surface area (Å²) in [5, 5.41) is 28.6. The van der Waals surface area contributed by atoms with Crippen LogP contribution < -0.4 is 32.7 Å². The molecule has 0 aromatic heterocycles. The molecule has 1 saturated heterocycles. The van der Waals surface area contributed by atoms with E-state index in [4.69, 9.17) is 16.6 Å². The molecule has 0 aromatic rings. The zero-order valence-electron chi connectivity index (χ0n) is 19.6. The van der Waals surface area contributed by atoms with Crippen LogP contribution in [0.15, 0.2) is 0 Å². The quantitative estimate of drug-likeness (QED) is 0.0978. The smallest absolute Gasteiger partial charge is 0.326 e. The maximum atomic E-state index is 12.9. The van der Waals surface area contributed by atoms with E-state index in [1.165, 1.54) is 0 Å². The average Bonchev–Trinajstić information content (AvgIpc) is 3.33. The molecule has 1 fully saturated rings.